The molecular formula is C12H17NO. The zero-order valence-corrected chi connectivity index (χ0v) is 8.46. The van der Waals surface area contributed by atoms with Crippen LogP contribution in [0.3, 0.4) is 0 Å². The molecule has 4 fully saturated rings. The molecular weight excluding hydrogens is 174 g/mol. The fourth-order valence-corrected chi connectivity index (χ4v) is 5.23. The lowest BCUT2D eigenvalue weighted by Crippen LogP contribution is -2.55. The molecule has 3 saturated carbocycles. The zero-order valence-electron chi connectivity index (χ0n) is 8.46. The number of carbonyl (C=O) groups excluding carboxylic acids is 1. The minimum absolute atomic E-state index is 0.318. The molecule has 0 aromatic carbocycles. The summed E-state index contributed by atoms with van der Waals surface area (Å²) in [6.45, 7) is 1.00. The summed E-state index contributed by atoms with van der Waals surface area (Å²) in [7, 11) is 0. The van der Waals surface area contributed by atoms with Crippen LogP contribution in [0.4, 0.5) is 0 Å². The van der Waals surface area contributed by atoms with E-state index < -0.39 is 0 Å². The quantitative estimate of drug-likeness (QED) is 0.618. The zero-order chi connectivity index (χ0) is 9.34. The van der Waals surface area contributed by atoms with E-state index in [1.54, 1.807) is 0 Å². The van der Waals surface area contributed by atoms with Crippen LogP contribution in [0, 0.1) is 29.1 Å². The van der Waals surface area contributed by atoms with Gasteiger partial charge in [-0.3, -0.25) is 4.79 Å². The van der Waals surface area contributed by atoms with E-state index in [1.165, 1.54) is 25.7 Å². The van der Waals surface area contributed by atoms with Crippen molar-refractivity contribution < 1.29 is 4.79 Å². The maximum atomic E-state index is 11.4. The van der Waals surface area contributed by atoms with Gasteiger partial charge in [-0.25, -0.2) is 0 Å². The van der Waals surface area contributed by atoms with Gasteiger partial charge in [0.05, 0.1) is 0 Å². The molecule has 1 N–H and O–H groups in total. The first-order valence-corrected chi connectivity index (χ1v) is 6.06. The molecule has 1 saturated heterocycles. The predicted octanol–water partition coefficient (Wildman–Crippen LogP) is 1.56. The Balaban J connectivity index is 1.73. The molecule has 1 spiro atoms. The summed E-state index contributed by atoms with van der Waals surface area (Å²) in [5, 5.41) is 3.07. The van der Waals surface area contributed by atoms with Gasteiger partial charge in [0, 0.05) is 18.4 Å². The maximum Gasteiger partial charge on any atom is 0.220 e. The summed E-state index contributed by atoms with van der Waals surface area (Å²) in [5.74, 6) is 4.18. The predicted molar refractivity (Wildman–Crippen MR) is 52.5 cm³/mol. The van der Waals surface area contributed by atoms with Gasteiger partial charge in [0.2, 0.25) is 5.91 Å². The highest BCUT2D eigenvalue weighted by Gasteiger charge is 2.67. The molecule has 1 aliphatic heterocycles. The molecule has 0 aromatic rings. The fraction of sp³-hybridized carbons (Fsp3) is 0.917. The Labute approximate surface area is 84.4 Å². The number of carbonyl (C=O) groups is 1. The van der Waals surface area contributed by atoms with Gasteiger partial charge in [0.1, 0.15) is 0 Å². The van der Waals surface area contributed by atoms with Crippen LogP contribution in [0.5, 0.6) is 0 Å². The molecule has 1 heterocycles. The van der Waals surface area contributed by atoms with E-state index >= 15 is 0 Å². The molecule has 2 nitrogen and oxygen atoms in total. The van der Waals surface area contributed by atoms with Gasteiger partial charge < -0.3 is 5.32 Å². The van der Waals surface area contributed by atoms with Crippen molar-refractivity contribution in [1.29, 1.82) is 0 Å². The van der Waals surface area contributed by atoms with Crippen LogP contribution in [0.2, 0.25) is 0 Å². The minimum Gasteiger partial charge on any atom is -0.355 e. The summed E-state index contributed by atoms with van der Waals surface area (Å²) >= 11 is 0. The van der Waals surface area contributed by atoms with Crippen molar-refractivity contribution in [2.75, 3.05) is 6.54 Å². The highest BCUT2D eigenvalue weighted by Crippen LogP contribution is 2.71. The average Bonchev–Trinajstić information content (AvgIpc) is 2.64. The van der Waals surface area contributed by atoms with Crippen LogP contribution >= 0.6 is 0 Å². The lowest BCUT2D eigenvalue weighted by atomic mass is 9.46. The third-order valence-electron chi connectivity index (χ3n) is 5.69. The second-order valence-corrected chi connectivity index (χ2v) is 5.98. The lowest BCUT2D eigenvalue weighted by Gasteiger charge is -2.57. The van der Waals surface area contributed by atoms with Crippen LogP contribution in [0.15, 0.2) is 0 Å². The summed E-state index contributed by atoms with van der Waals surface area (Å²) in [4.78, 5) is 11.4. The molecule has 0 aromatic heterocycles. The number of amides is 1. The van der Waals surface area contributed by atoms with E-state index in [-0.39, 0.29) is 0 Å². The maximum absolute atomic E-state index is 11.4. The average molecular weight is 191 g/mol. The van der Waals surface area contributed by atoms with Gasteiger partial charge in [0.25, 0.3) is 0 Å². The first kappa shape index (κ1) is 7.72. The Morgan fingerprint density at radius 2 is 2.14 bits per heavy atom. The molecule has 4 rings (SSSR count). The lowest BCUT2D eigenvalue weighted by molar-refractivity contribution is -0.126. The Kier molecular flexibility index (Phi) is 1.20. The number of hydrogen-bond donors (Lipinski definition) is 1. The standard InChI is InChI=1S/C12H17NO/c14-11-5-12(6-13-11)9-2-1-7-3-8(9)10(12)4-7/h7-10H,1-6H2,(H,13,14)/t7?,8?,9?,10?,12-/m0/s1. The van der Waals surface area contributed by atoms with Crippen molar-refractivity contribution in [2.24, 2.45) is 29.1 Å². The van der Waals surface area contributed by atoms with Crippen molar-refractivity contribution in [3.8, 4) is 0 Å². The van der Waals surface area contributed by atoms with E-state index in [2.05, 4.69) is 5.32 Å². The Bertz CT molecular complexity index is 305. The van der Waals surface area contributed by atoms with Crippen molar-refractivity contribution in [1.82, 2.24) is 5.32 Å². The molecule has 4 unspecified atom stereocenters. The normalized spacial score (nSPS) is 58.7. The molecule has 2 bridgehead atoms. The van der Waals surface area contributed by atoms with Crippen molar-refractivity contribution in [3.05, 3.63) is 0 Å². The third kappa shape index (κ3) is 0.665. The van der Waals surface area contributed by atoms with E-state index in [0.29, 0.717) is 11.3 Å². The molecule has 4 aliphatic rings. The van der Waals surface area contributed by atoms with Gasteiger partial charge >= 0.3 is 0 Å². The molecule has 76 valence electrons. The second kappa shape index (κ2) is 2.17. The van der Waals surface area contributed by atoms with Gasteiger partial charge in [-0.2, -0.15) is 0 Å². The van der Waals surface area contributed by atoms with Crippen LogP contribution in [-0.4, -0.2) is 12.5 Å². The molecule has 2 heteroatoms. The monoisotopic (exact) mass is 191 g/mol. The van der Waals surface area contributed by atoms with Crippen molar-refractivity contribution in [3.63, 3.8) is 0 Å². The number of nitrogens with one attached hydrogen (secondary N) is 1. The van der Waals surface area contributed by atoms with Crippen LogP contribution < -0.4 is 5.32 Å². The SMILES string of the molecule is O=C1C[C@]2(CN1)C1CCC3CC1C2C3. The van der Waals surface area contributed by atoms with Gasteiger partial charge in [-0.15, -0.1) is 0 Å². The van der Waals surface area contributed by atoms with Crippen molar-refractivity contribution in [2.45, 2.75) is 32.1 Å². The summed E-state index contributed by atoms with van der Waals surface area (Å²) < 4.78 is 0. The Morgan fingerprint density at radius 1 is 1.21 bits per heavy atom. The highest BCUT2D eigenvalue weighted by molar-refractivity contribution is 5.79. The topological polar surface area (TPSA) is 29.1 Å². The van der Waals surface area contributed by atoms with E-state index in [9.17, 15) is 4.79 Å². The molecule has 0 radical (unpaired) electrons. The smallest absolute Gasteiger partial charge is 0.220 e. The van der Waals surface area contributed by atoms with E-state index in [0.717, 1.165) is 36.6 Å². The summed E-state index contributed by atoms with van der Waals surface area (Å²) in [6.07, 6.45) is 6.65. The first-order valence-electron chi connectivity index (χ1n) is 6.06. The number of hydrogen-bond acceptors (Lipinski definition) is 1. The van der Waals surface area contributed by atoms with Crippen LogP contribution in [0.1, 0.15) is 32.1 Å². The first-order chi connectivity index (χ1) is 6.79. The van der Waals surface area contributed by atoms with Crippen LogP contribution in [0.25, 0.3) is 0 Å². The molecule has 3 aliphatic carbocycles. The summed E-state index contributed by atoms with van der Waals surface area (Å²) in [6, 6.07) is 0. The number of rotatable bonds is 0. The molecule has 1 amide bonds. The summed E-state index contributed by atoms with van der Waals surface area (Å²) in [5.41, 5.74) is 0.438. The Morgan fingerprint density at radius 3 is 2.93 bits per heavy atom. The van der Waals surface area contributed by atoms with E-state index in [4.69, 9.17) is 0 Å². The van der Waals surface area contributed by atoms with E-state index in [1.807, 2.05) is 0 Å². The fourth-order valence-electron chi connectivity index (χ4n) is 5.23. The van der Waals surface area contributed by atoms with Gasteiger partial charge in [-0.05, 0) is 42.9 Å². The largest absolute Gasteiger partial charge is 0.355 e. The number of fused-ring (bicyclic) bond motifs is 3. The van der Waals surface area contributed by atoms with Gasteiger partial charge in [-0.1, -0.05) is 6.42 Å². The Hall–Kier alpha value is -0.530. The van der Waals surface area contributed by atoms with Crippen molar-refractivity contribution >= 4 is 5.91 Å². The molecule has 14 heavy (non-hydrogen) atoms. The third-order valence-corrected chi connectivity index (χ3v) is 5.69. The highest BCUT2D eigenvalue weighted by atomic mass is 16.1. The molecule has 5 atom stereocenters. The second-order valence-electron chi connectivity index (χ2n) is 5.98. The van der Waals surface area contributed by atoms with Crippen LogP contribution in [-0.2, 0) is 4.79 Å². The minimum atomic E-state index is 0.318. The van der Waals surface area contributed by atoms with Gasteiger partial charge in [0.15, 0.2) is 0 Å².